The molecule has 27 heavy (non-hydrogen) atoms. The Bertz CT molecular complexity index is 490. The molecule has 0 spiro atoms. The molecular weight excluding hydrogens is 392 g/mol. The Morgan fingerprint density at radius 3 is 2.37 bits per heavy atom. The lowest BCUT2D eigenvalue weighted by molar-refractivity contribution is -0.136. The highest BCUT2D eigenvalue weighted by molar-refractivity contribution is 8.76. The maximum Gasteiger partial charge on any atom is 0.410 e. The van der Waals surface area contributed by atoms with Gasteiger partial charge in [0.05, 0.1) is 12.5 Å². The lowest BCUT2D eigenvalue weighted by Crippen LogP contribution is -2.44. The lowest BCUT2D eigenvalue weighted by Gasteiger charge is -2.33. The molecule has 0 aromatic heterocycles. The first kappa shape index (κ1) is 23.9. The molecule has 0 aromatic rings. The van der Waals surface area contributed by atoms with E-state index in [1.807, 2.05) is 20.8 Å². The summed E-state index contributed by atoms with van der Waals surface area (Å²) < 4.78 is 11.0. The third-order valence-electron chi connectivity index (χ3n) is 3.53. The number of hydrogen-bond donors (Lipinski definition) is 2. The van der Waals surface area contributed by atoms with E-state index in [2.05, 4.69) is 5.32 Å². The predicted molar refractivity (Wildman–Crippen MR) is 107 cm³/mol. The Morgan fingerprint density at radius 2 is 1.78 bits per heavy atom. The van der Waals surface area contributed by atoms with Crippen molar-refractivity contribution in [1.29, 1.82) is 0 Å². The number of carboxylic acid groups (broad SMARTS) is 1. The minimum atomic E-state index is -0.800. The largest absolute Gasteiger partial charge is 0.481 e. The fraction of sp³-hybridized carbons (Fsp3) is 0.824. The lowest BCUT2D eigenvalue weighted by atomic mass is 10.1. The van der Waals surface area contributed by atoms with Crippen LogP contribution in [0.5, 0.6) is 0 Å². The third-order valence-corrected chi connectivity index (χ3v) is 5.94. The molecule has 0 radical (unpaired) electrons. The number of piperidine rings is 1. The topological polar surface area (TPSA) is 105 Å². The van der Waals surface area contributed by atoms with Gasteiger partial charge in [-0.15, -0.1) is 0 Å². The SMILES string of the molecule is CC(C)(C)OC(=O)N1CCC(OCC(=O)NCCSSCCC(=O)O)CC1. The van der Waals surface area contributed by atoms with Gasteiger partial charge in [0.25, 0.3) is 0 Å². The number of nitrogens with one attached hydrogen (secondary N) is 1. The van der Waals surface area contributed by atoms with Gasteiger partial charge in [0.2, 0.25) is 5.91 Å². The second-order valence-electron chi connectivity index (χ2n) is 7.12. The molecule has 0 aromatic carbocycles. The van der Waals surface area contributed by atoms with Gasteiger partial charge in [-0.3, -0.25) is 9.59 Å². The number of rotatable bonds is 10. The van der Waals surface area contributed by atoms with Gasteiger partial charge < -0.3 is 24.8 Å². The van der Waals surface area contributed by atoms with Crippen LogP contribution >= 0.6 is 21.6 Å². The molecule has 2 amide bonds. The number of carboxylic acids is 1. The van der Waals surface area contributed by atoms with Crippen LogP contribution in [0.1, 0.15) is 40.0 Å². The Hall–Kier alpha value is -1.13. The average molecular weight is 423 g/mol. The van der Waals surface area contributed by atoms with E-state index in [0.29, 0.717) is 44.0 Å². The maximum atomic E-state index is 12.0. The van der Waals surface area contributed by atoms with Crippen LogP contribution in [0.15, 0.2) is 0 Å². The zero-order chi connectivity index (χ0) is 20.3. The van der Waals surface area contributed by atoms with E-state index in [0.717, 1.165) is 0 Å². The Labute approximate surface area is 168 Å². The molecule has 1 aliphatic rings. The first-order valence-electron chi connectivity index (χ1n) is 9.00. The van der Waals surface area contributed by atoms with Gasteiger partial charge in [-0.1, -0.05) is 21.6 Å². The molecule has 1 rings (SSSR count). The van der Waals surface area contributed by atoms with Crippen LogP contribution in [0.4, 0.5) is 4.79 Å². The smallest absolute Gasteiger partial charge is 0.410 e. The van der Waals surface area contributed by atoms with Gasteiger partial charge in [-0.25, -0.2) is 4.79 Å². The van der Waals surface area contributed by atoms with Crippen molar-refractivity contribution >= 4 is 39.6 Å². The Morgan fingerprint density at radius 1 is 1.15 bits per heavy atom. The molecule has 8 nitrogen and oxygen atoms in total. The second-order valence-corrected chi connectivity index (χ2v) is 9.82. The average Bonchev–Trinajstić information content (AvgIpc) is 2.57. The molecule has 0 bridgehead atoms. The van der Waals surface area contributed by atoms with E-state index in [4.69, 9.17) is 14.6 Å². The van der Waals surface area contributed by atoms with E-state index >= 15 is 0 Å². The van der Waals surface area contributed by atoms with Gasteiger partial charge in [0, 0.05) is 31.1 Å². The Kier molecular flexibility index (Phi) is 10.9. The standard InChI is InChI=1S/C17H30N2O6S2/c1-17(2,3)25-16(23)19-8-4-13(5-9-19)24-12-14(20)18-7-11-27-26-10-6-15(21)22/h13H,4-12H2,1-3H3,(H,18,20)(H,21,22). The molecule has 1 aliphatic heterocycles. The van der Waals surface area contributed by atoms with Crippen LogP contribution in [0.25, 0.3) is 0 Å². The number of amides is 2. The van der Waals surface area contributed by atoms with Crippen LogP contribution in [-0.2, 0) is 19.1 Å². The summed E-state index contributed by atoms with van der Waals surface area (Å²) >= 11 is 0. The highest BCUT2D eigenvalue weighted by Crippen LogP contribution is 2.21. The minimum absolute atomic E-state index is 0.00787. The van der Waals surface area contributed by atoms with Crippen molar-refractivity contribution in [2.45, 2.75) is 51.7 Å². The van der Waals surface area contributed by atoms with E-state index in [1.54, 1.807) is 4.90 Å². The number of carbonyl (C=O) groups excluding carboxylic acids is 2. The summed E-state index contributed by atoms with van der Waals surface area (Å²) in [5.41, 5.74) is -0.504. The van der Waals surface area contributed by atoms with E-state index in [1.165, 1.54) is 21.6 Å². The summed E-state index contributed by atoms with van der Waals surface area (Å²) in [5, 5.41) is 11.3. The number of carbonyl (C=O) groups is 3. The number of aliphatic carboxylic acids is 1. The second kappa shape index (κ2) is 12.4. The van der Waals surface area contributed by atoms with Gasteiger partial charge in [-0.2, -0.15) is 0 Å². The van der Waals surface area contributed by atoms with Crippen LogP contribution in [0.3, 0.4) is 0 Å². The molecule has 10 heteroatoms. The summed E-state index contributed by atoms with van der Waals surface area (Å²) in [5.74, 6) is 0.301. The Balaban J connectivity index is 2.06. The molecule has 0 unspecified atom stereocenters. The van der Waals surface area contributed by atoms with E-state index in [9.17, 15) is 14.4 Å². The molecule has 1 saturated heterocycles. The summed E-state index contributed by atoms with van der Waals surface area (Å²) in [4.78, 5) is 35.8. The van der Waals surface area contributed by atoms with Crippen LogP contribution < -0.4 is 5.32 Å². The summed E-state index contributed by atoms with van der Waals surface area (Å²) in [6.07, 6.45) is 1.17. The van der Waals surface area contributed by atoms with Gasteiger partial charge in [0.15, 0.2) is 0 Å². The van der Waals surface area contributed by atoms with Gasteiger partial charge in [0.1, 0.15) is 12.2 Å². The molecule has 1 heterocycles. The number of nitrogens with zero attached hydrogens (tertiary/aromatic N) is 1. The number of likely N-dealkylation sites (tertiary alicyclic amines) is 1. The summed E-state index contributed by atoms with van der Waals surface area (Å²) in [6.45, 7) is 7.17. The fourth-order valence-corrected chi connectivity index (χ4v) is 4.14. The van der Waals surface area contributed by atoms with Crippen molar-refractivity contribution in [3.05, 3.63) is 0 Å². The summed E-state index contributed by atoms with van der Waals surface area (Å²) in [6, 6.07) is 0. The molecule has 0 aliphatic carbocycles. The highest BCUT2D eigenvalue weighted by Gasteiger charge is 2.27. The zero-order valence-corrected chi connectivity index (χ0v) is 17.8. The zero-order valence-electron chi connectivity index (χ0n) is 16.2. The molecule has 0 saturated carbocycles. The van der Waals surface area contributed by atoms with Crippen LogP contribution in [0, 0.1) is 0 Å². The minimum Gasteiger partial charge on any atom is -0.481 e. The van der Waals surface area contributed by atoms with Crippen molar-refractivity contribution in [2.24, 2.45) is 0 Å². The molecule has 156 valence electrons. The van der Waals surface area contributed by atoms with Crippen molar-refractivity contribution in [3.8, 4) is 0 Å². The first-order valence-corrected chi connectivity index (χ1v) is 11.5. The maximum absolute atomic E-state index is 12.0. The fourth-order valence-electron chi connectivity index (χ4n) is 2.26. The number of hydrogen-bond acceptors (Lipinski definition) is 7. The van der Waals surface area contributed by atoms with E-state index in [-0.39, 0.29) is 31.1 Å². The summed E-state index contributed by atoms with van der Waals surface area (Å²) in [7, 11) is 3.02. The molecule has 0 atom stereocenters. The normalized spacial score (nSPS) is 15.4. The highest BCUT2D eigenvalue weighted by atomic mass is 33.1. The predicted octanol–water partition coefficient (Wildman–Crippen LogP) is 2.37. The van der Waals surface area contributed by atoms with Crippen LogP contribution in [0.2, 0.25) is 0 Å². The van der Waals surface area contributed by atoms with Crippen molar-refractivity contribution in [2.75, 3.05) is 37.7 Å². The van der Waals surface area contributed by atoms with Crippen LogP contribution in [-0.4, -0.2) is 77.4 Å². The third kappa shape index (κ3) is 12.0. The van der Waals surface area contributed by atoms with E-state index < -0.39 is 11.6 Å². The number of ether oxygens (including phenoxy) is 2. The van der Waals surface area contributed by atoms with Crippen molar-refractivity contribution < 1.29 is 29.0 Å². The molecule has 1 fully saturated rings. The molecular formula is C17H30N2O6S2. The van der Waals surface area contributed by atoms with Gasteiger partial charge >= 0.3 is 12.1 Å². The molecule has 2 N–H and O–H groups in total. The quantitative estimate of drug-likeness (QED) is 0.408. The first-order chi connectivity index (χ1) is 12.7. The van der Waals surface area contributed by atoms with Gasteiger partial charge in [-0.05, 0) is 33.6 Å². The van der Waals surface area contributed by atoms with Crippen molar-refractivity contribution in [1.82, 2.24) is 10.2 Å². The monoisotopic (exact) mass is 422 g/mol. The van der Waals surface area contributed by atoms with Crippen molar-refractivity contribution in [3.63, 3.8) is 0 Å².